The first-order valence-electron chi connectivity index (χ1n) is 6.27. The van der Waals surface area contributed by atoms with Crippen molar-refractivity contribution in [1.29, 1.82) is 0 Å². The first-order valence-corrected chi connectivity index (χ1v) is 7.32. The highest BCUT2D eigenvalue weighted by Crippen LogP contribution is 2.21. The molecule has 0 aliphatic heterocycles. The second-order valence-electron chi connectivity index (χ2n) is 4.18. The second-order valence-corrected chi connectivity index (χ2v) is 5.61. The Morgan fingerprint density at radius 1 is 1.41 bits per heavy atom. The molecule has 98 valence electrons. The molecule has 0 saturated heterocycles. The Hall–Kier alpha value is -0.450. The van der Waals surface area contributed by atoms with Gasteiger partial charge in [-0.25, -0.2) is 0 Å². The third-order valence-corrected chi connectivity index (χ3v) is 3.74. The predicted molar refractivity (Wildman–Crippen MR) is 73.2 cm³/mol. The van der Waals surface area contributed by atoms with Crippen LogP contribution >= 0.6 is 11.8 Å². The van der Waals surface area contributed by atoms with Gasteiger partial charge in [0, 0.05) is 11.9 Å². The van der Waals surface area contributed by atoms with E-state index in [1.807, 2.05) is 23.9 Å². The van der Waals surface area contributed by atoms with Crippen LogP contribution in [-0.4, -0.2) is 23.5 Å². The largest absolute Gasteiger partial charge is 0.464 e. The van der Waals surface area contributed by atoms with Gasteiger partial charge in [-0.2, -0.15) is 11.8 Å². The van der Waals surface area contributed by atoms with Crippen LogP contribution in [0.4, 0.5) is 0 Å². The summed E-state index contributed by atoms with van der Waals surface area (Å²) in [5, 5.41) is 12.6. The molecular formula is C13H23NO2S. The topological polar surface area (TPSA) is 45.4 Å². The molecule has 1 unspecified atom stereocenters. The third kappa shape index (κ3) is 6.15. The van der Waals surface area contributed by atoms with E-state index in [0.717, 1.165) is 43.2 Å². The van der Waals surface area contributed by atoms with Crippen molar-refractivity contribution in [3.8, 4) is 0 Å². The fourth-order valence-electron chi connectivity index (χ4n) is 1.47. The fraction of sp³-hybridized carbons (Fsp3) is 0.692. The molecule has 17 heavy (non-hydrogen) atoms. The summed E-state index contributed by atoms with van der Waals surface area (Å²) in [6.45, 7) is 6.38. The molecule has 1 rings (SSSR count). The molecule has 0 amide bonds. The van der Waals surface area contributed by atoms with Crippen LogP contribution in [0.25, 0.3) is 0 Å². The zero-order chi connectivity index (χ0) is 12.5. The van der Waals surface area contributed by atoms with Crippen molar-refractivity contribution in [2.75, 3.05) is 13.2 Å². The highest BCUT2D eigenvalue weighted by Gasteiger charge is 2.05. The van der Waals surface area contributed by atoms with Crippen LogP contribution in [0.5, 0.6) is 0 Å². The van der Waals surface area contributed by atoms with E-state index in [1.165, 1.54) is 0 Å². The minimum Gasteiger partial charge on any atom is -0.464 e. The highest BCUT2D eigenvalue weighted by molar-refractivity contribution is 7.99. The van der Waals surface area contributed by atoms with Crippen LogP contribution in [-0.2, 0) is 12.3 Å². The molecule has 1 heterocycles. The molecule has 0 aliphatic rings. The number of aliphatic hydroxyl groups is 1. The molecule has 0 aliphatic carbocycles. The van der Waals surface area contributed by atoms with Crippen molar-refractivity contribution < 1.29 is 9.52 Å². The van der Waals surface area contributed by atoms with Gasteiger partial charge in [0.2, 0.25) is 0 Å². The maximum Gasteiger partial charge on any atom is 0.117 e. The van der Waals surface area contributed by atoms with Crippen LogP contribution in [0.2, 0.25) is 0 Å². The Kier molecular flexibility index (Phi) is 7.40. The first kappa shape index (κ1) is 14.6. The predicted octanol–water partition coefficient (Wildman–Crippen LogP) is 2.78. The van der Waals surface area contributed by atoms with Crippen molar-refractivity contribution in [2.45, 2.75) is 44.2 Å². The lowest BCUT2D eigenvalue weighted by Crippen LogP contribution is -2.13. The van der Waals surface area contributed by atoms with Gasteiger partial charge in [0.15, 0.2) is 0 Å². The summed E-state index contributed by atoms with van der Waals surface area (Å²) < 4.78 is 5.71. The van der Waals surface area contributed by atoms with Gasteiger partial charge in [0.1, 0.15) is 11.5 Å². The quantitative estimate of drug-likeness (QED) is 0.668. The number of aliphatic hydroxyl groups excluding tert-OH is 1. The maximum absolute atomic E-state index is 8.81. The summed E-state index contributed by atoms with van der Waals surface area (Å²) in [7, 11) is 0. The van der Waals surface area contributed by atoms with Gasteiger partial charge in [0.25, 0.3) is 0 Å². The van der Waals surface area contributed by atoms with Crippen LogP contribution < -0.4 is 5.32 Å². The van der Waals surface area contributed by atoms with Crippen molar-refractivity contribution in [1.82, 2.24) is 5.32 Å². The molecule has 0 saturated carbocycles. The van der Waals surface area contributed by atoms with Crippen molar-refractivity contribution >= 4 is 11.8 Å². The standard InChI is InChI=1S/C13H23NO2S/c1-3-7-14-9-12-4-5-13(16-12)10-17-11(2)6-8-15/h4-5,11,14-15H,3,6-10H2,1-2H3. The molecule has 0 aromatic carbocycles. The fourth-order valence-corrected chi connectivity index (χ4v) is 2.35. The van der Waals surface area contributed by atoms with Gasteiger partial charge in [-0.1, -0.05) is 13.8 Å². The number of hydrogen-bond donors (Lipinski definition) is 2. The number of furan rings is 1. The molecular weight excluding hydrogens is 234 g/mol. The van der Waals surface area contributed by atoms with E-state index in [4.69, 9.17) is 9.52 Å². The third-order valence-electron chi connectivity index (χ3n) is 2.49. The Labute approximate surface area is 108 Å². The molecule has 0 radical (unpaired) electrons. The van der Waals surface area contributed by atoms with Crippen LogP contribution in [0.1, 0.15) is 38.2 Å². The lowest BCUT2D eigenvalue weighted by Gasteiger charge is -2.07. The summed E-state index contributed by atoms with van der Waals surface area (Å²) in [4.78, 5) is 0. The second kappa shape index (κ2) is 8.61. The van der Waals surface area contributed by atoms with Gasteiger partial charge >= 0.3 is 0 Å². The smallest absolute Gasteiger partial charge is 0.117 e. The molecule has 1 aromatic heterocycles. The van der Waals surface area contributed by atoms with Crippen molar-refractivity contribution in [3.05, 3.63) is 23.7 Å². The minimum absolute atomic E-state index is 0.262. The SMILES string of the molecule is CCCNCc1ccc(CSC(C)CCO)o1. The van der Waals surface area contributed by atoms with Crippen molar-refractivity contribution in [3.63, 3.8) is 0 Å². The first-order chi connectivity index (χ1) is 8.26. The average Bonchev–Trinajstić information content (AvgIpc) is 2.75. The van der Waals surface area contributed by atoms with Crippen LogP contribution in [0.3, 0.4) is 0 Å². The van der Waals surface area contributed by atoms with E-state index in [2.05, 4.69) is 19.2 Å². The Bertz CT molecular complexity index is 301. The molecule has 1 aromatic rings. The highest BCUT2D eigenvalue weighted by atomic mass is 32.2. The summed E-state index contributed by atoms with van der Waals surface area (Å²) in [6, 6.07) is 4.08. The zero-order valence-electron chi connectivity index (χ0n) is 10.7. The molecule has 2 N–H and O–H groups in total. The van der Waals surface area contributed by atoms with E-state index >= 15 is 0 Å². The summed E-state index contributed by atoms with van der Waals surface area (Å²) in [5.41, 5.74) is 0. The van der Waals surface area contributed by atoms with Crippen LogP contribution in [0, 0.1) is 0 Å². The maximum atomic E-state index is 8.81. The number of hydrogen-bond acceptors (Lipinski definition) is 4. The minimum atomic E-state index is 0.262. The van der Waals surface area contributed by atoms with Gasteiger partial charge in [0.05, 0.1) is 12.3 Å². The van der Waals surface area contributed by atoms with E-state index < -0.39 is 0 Å². The van der Waals surface area contributed by atoms with Crippen LogP contribution in [0.15, 0.2) is 16.5 Å². The lowest BCUT2D eigenvalue weighted by atomic mass is 10.3. The summed E-state index contributed by atoms with van der Waals surface area (Å²) in [5.74, 6) is 2.91. The van der Waals surface area contributed by atoms with Gasteiger partial charge in [-0.05, 0) is 31.5 Å². The molecule has 0 fully saturated rings. The molecule has 4 heteroatoms. The molecule has 0 spiro atoms. The van der Waals surface area contributed by atoms with Gasteiger partial charge < -0.3 is 14.8 Å². The van der Waals surface area contributed by atoms with E-state index in [1.54, 1.807) is 0 Å². The lowest BCUT2D eigenvalue weighted by molar-refractivity contribution is 0.289. The average molecular weight is 257 g/mol. The van der Waals surface area contributed by atoms with E-state index in [0.29, 0.717) is 5.25 Å². The zero-order valence-corrected chi connectivity index (χ0v) is 11.6. The van der Waals surface area contributed by atoms with Gasteiger partial charge in [-0.15, -0.1) is 0 Å². The summed E-state index contributed by atoms with van der Waals surface area (Å²) >= 11 is 1.82. The number of nitrogens with one attached hydrogen (secondary N) is 1. The Morgan fingerprint density at radius 3 is 2.88 bits per heavy atom. The molecule has 0 bridgehead atoms. The molecule has 3 nitrogen and oxygen atoms in total. The van der Waals surface area contributed by atoms with E-state index in [-0.39, 0.29) is 6.61 Å². The number of rotatable bonds is 9. The normalized spacial score (nSPS) is 12.9. The number of thioether (sulfide) groups is 1. The monoisotopic (exact) mass is 257 g/mol. The molecule has 1 atom stereocenters. The Morgan fingerprint density at radius 2 is 2.18 bits per heavy atom. The summed E-state index contributed by atoms with van der Waals surface area (Å²) in [6.07, 6.45) is 1.98. The Balaban J connectivity index is 2.25. The van der Waals surface area contributed by atoms with Crippen molar-refractivity contribution in [2.24, 2.45) is 0 Å². The van der Waals surface area contributed by atoms with Gasteiger partial charge in [-0.3, -0.25) is 0 Å². The van der Waals surface area contributed by atoms with E-state index in [9.17, 15) is 0 Å².